The molecule has 3 saturated carbocycles. The van der Waals surface area contributed by atoms with Gasteiger partial charge in [-0.1, -0.05) is 6.92 Å². The Kier molecular flexibility index (Phi) is 3.77. The van der Waals surface area contributed by atoms with Gasteiger partial charge in [0.05, 0.1) is 30.0 Å². The average molecular weight is 435 g/mol. The first kappa shape index (κ1) is 19.5. The number of imidazole rings is 1. The second kappa shape index (κ2) is 5.99. The maximum absolute atomic E-state index is 13.3. The van der Waals surface area contributed by atoms with Crippen LogP contribution in [0.5, 0.6) is 0 Å². The van der Waals surface area contributed by atoms with Gasteiger partial charge < -0.3 is 20.1 Å². The molecule has 3 unspecified atom stereocenters. The summed E-state index contributed by atoms with van der Waals surface area (Å²) in [6.45, 7) is 5.31. The van der Waals surface area contributed by atoms with E-state index in [1.807, 2.05) is 4.57 Å². The van der Waals surface area contributed by atoms with Crippen LogP contribution in [0.4, 0.5) is 19.0 Å². The fourth-order valence-corrected chi connectivity index (χ4v) is 6.77. The molecule has 2 aromatic heterocycles. The van der Waals surface area contributed by atoms with Crippen LogP contribution in [0.1, 0.15) is 37.3 Å². The average Bonchev–Trinajstić information content (AvgIpc) is 3.11. The predicted octanol–water partition coefficient (Wildman–Crippen LogP) is 2.42. The molecule has 7 nitrogen and oxygen atoms in total. The Bertz CT molecular complexity index is 1060. The first-order valence-electron chi connectivity index (χ1n) is 10.6. The molecule has 2 bridgehead atoms. The zero-order valence-electron chi connectivity index (χ0n) is 17.1. The highest BCUT2D eigenvalue weighted by Gasteiger charge is 2.81. The van der Waals surface area contributed by atoms with Gasteiger partial charge in [0.2, 0.25) is 0 Å². The molecule has 2 aliphatic heterocycles. The van der Waals surface area contributed by atoms with Crippen LogP contribution < -0.4 is 5.73 Å². The quantitative estimate of drug-likeness (QED) is 0.753. The van der Waals surface area contributed by atoms with E-state index in [-0.39, 0.29) is 28.5 Å². The molecule has 3 aliphatic carbocycles. The van der Waals surface area contributed by atoms with Crippen LogP contribution in [0.15, 0.2) is 18.5 Å². The van der Waals surface area contributed by atoms with Crippen molar-refractivity contribution in [1.29, 1.82) is 0 Å². The lowest BCUT2D eigenvalue weighted by molar-refractivity contribution is -0.315. The Morgan fingerprint density at radius 3 is 2.61 bits per heavy atom. The van der Waals surface area contributed by atoms with Crippen LogP contribution in [-0.2, 0) is 16.5 Å². The molecule has 3 N–H and O–H groups in total. The van der Waals surface area contributed by atoms with Crippen molar-refractivity contribution >= 4 is 5.82 Å². The molecule has 166 valence electrons. The standard InChI is InChI=1S/C21H24F3N5O2/c1-11-15(30)18-27-14(12-6-13(21(22,23)24)17(25)26-7-12)8-29(18)20-9-19(10-20,16(11)20)28-2-4-31-5-3-28/h6-8,11,15-16,30H,2-5,9-10H2,1H3,(H2,25,26). The Hall–Kier alpha value is -2.17. The lowest BCUT2D eigenvalue weighted by Gasteiger charge is -2.82. The third kappa shape index (κ3) is 2.35. The molecule has 7 rings (SSSR count). The van der Waals surface area contributed by atoms with Crippen molar-refractivity contribution in [3.8, 4) is 11.3 Å². The summed E-state index contributed by atoms with van der Waals surface area (Å²) in [7, 11) is 0. The molecule has 0 radical (unpaired) electrons. The Morgan fingerprint density at radius 1 is 1.23 bits per heavy atom. The fraction of sp³-hybridized carbons (Fsp3) is 0.619. The van der Waals surface area contributed by atoms with Gasteiger partial charge in [-0.25, -0.2) is 9.97 Å². The fourth-order valence-electron chi connectivity index (χ4n) is 6.77. The number of halogens is 3. The number of nitrogens with two attached hydrogens (primary N) is 1. The molecule has 4 heterocycles. The number of fused-ring (bicyclic) bond motifs is 1. The number of hydrogen-bond donors (Lipinski definition) is 2. The third-order valence-electron chi connectivity index (χ3n) is 8.04. The molecule has 0 amide bonds. The van der Waals surface area contributed by atoms with Crippen molar-refractivity contribution in [3.05, 3.63) is 29.8 Å². The number of alkyl halides is 3. The number of aliphatic hydroxyl groups excluding tert-OH is 1. The number of anilines is 1. The molecule has 1 saturated heterocycles. The SMILES string of the molecule is CC1C(O)c2nc(-c3cnc(N)c(C(F)(F)F)c3)cn2C23CC(N4CCOCC4)(C2)C13. The Balaban J connectivity index is 1.38. The minimum absolute atomic E-state index is 0.0170. The van der Waals surface area contributed by atoms with Crippen LogP contribution in [0.2, 0.25) is 0 Å². The summed E-state index contributed by atoms with van der Waals surface area (Å²) >= 11 is 0. The van der Waals surface area contributed by atoms with Gasteiger partial charge in [0, 0.05) is 42.5 Å². The highest BCUT2D eigenvalue weighted by atomic mass is 19.4. The van der Waals surface area contributed by atoms with E-state index in [4.69, 9.17) is 10.5 Å². The number of hydrogen-bond acceptors (Lipinski definition) is 6. The highest BCUT2D eigenvalue weighted by Crippen LogP contribution is 2.77. The number of aliphatic hydroxyl groups is 1. The van der Waals surface area contributed by atoms with Crippen LogP contribution >= 0.6 is 0 Å². The van der Waals surface area contributed by atoms with Gasteiger partial charge >= 0.3 is 6.18 Å². The van der Waals surface area contributed by atoms with E-state index in [0.717, 1.165) is 45.2 Å². The monoisotopic (exact) mass is 435 g/mol. The second-order valence-electron chi connectivity index (χ2n) is 9.45. The molecule has 10 heteroatoms. The van der Waals surface area contributed by atoms with Gasteiger partial charge in [-0.05, 0) is 24.8 Å². The van der Waals surface area contributed by atoms with Gasteiger partial charge in [-0.3, -0.25) is 4.90 Å². The third-order valence-corrected chi connectivity index (χ3v) is 8.04. The molecule has 3 atom stereocenters. The van der Waals surface area contributed by atoms with Crippen LogP contribution in [0, 0.1) is 11.8 Å². The van der Waals surface area contributed by atoms with Gasteiger partial charge in [0.25, 0.3) is 0 Å². The Labute approximate surface area is 177 Å². The van der Waals surface area contributed by atoms with E-state index in [9.17, 15) is 18.3 Å². The Morgan fingerprint density at radius 2 is 1.94 bits per heavy atom. The largest absolute Gasteiger partial charge is 0.419 e. The number of morpholine rings is 1. The van der Waals surface area contributed by atoms with Gasteiger partial charge in [0.1, 0.15) is 17.7 Å². The summed E-state index contributed by atoms with van der Waals surface area (Å²) < 4.78 is 47.4. The number of nitrogens with zero attached hydrogens (tertiary/aromatic N) is 4. The topological polar surface area (TPSA) is 89.4 Å². The molecule has 4 fully saturated rings. The van der Waals surface area contributed by atoms with Gasteiger partial charge in [-0.15, -0.1) is 0 Å². The molecular weight excluding hydrogens is 411 g/mol. The predicted molar refractivity (Wildman–Crippen MR) is 105 cm³/mol. The number of aromatic nitrogens is 3. The molecule has 2 aromatic rings. The minimum Gasteiger partial charge on any atom is -0.385 e. The first-order valence-corrected chi connectivity index (χ1v) is 10.6. The zero-order valence-corrected chi connectivity index (χ0v) is 17.1. The van der Waals surface area contributed by atoms with E-state index in [0.29, 0.717) is 11.5 Å². The molecular formula is C21H24F3N5O2. The van der Waals surface area contributed by atoms with Crippen LogP contribution in [0.3, 0.4) is 0 Å². The second-order valence-corrected chi connectivity index (χ2v) is 9.45. The summed E-state index contributed by atoms with van der Waals surface area (Å²) in [4.78, 5) is 10.8. The van der Waals surface area contributed by atoms with Crippen molar-refractivity contribution in [3.63, 3.8) is 0 Å². The molecule has 0 aromatic carbocycles. The summed E-state index contributed by atoms with van der Waals surface area (Å²) in [5.74, 6) is 0.279. The normalized spacial score (nSPS) is 36.9. The molecule has 31 heavy (non-hydrogen) atoms. The smallest absolute Gasteiger partial charge is 0.385 e. The van der Waals surface area contributed by atoms with E-state index in [1.165, 1.54) is 6.20 Å². The van der Waals surface area contributed by atoms with Crippen molar-refractivity contribution in [2.75, 3.05) is 32.0 Å². The number of nitrogen functional groups attached to an aromatic ring is 1. The van der Waals surface area contributed by atoms with Crippen molar-refractivity contribution in [1.82, 2.24) is 19.4 Å². The van der Waals surface area contributed by atoms with Gasteiger partial charge in [-0.2, -0.15) is 13.2 Å². The zero-order chi connectivity index (χ0) is 21.8. The molecule has 5 aliphatic rings. The lowest BCUT2D eigenvalue weighted by atomic mass is 9.32. The number of ether oxygens (including phenoxy) is 1. The lowest BCUT2D eigenvalue weighted by Crippen LogP contribution is -2.88. The van der Waals surface area contributed by atoms with E-state index < -0.39 is 23.7 Å². The maximum Gasteiger partial charge on any atom is 0.419 e. The van der Waals surface area contributed by atoms with Gasteiger partial charge in [0.15, 0.2) is 0 Å². The minimum atomic E-state index is -4.59. The summed E-state index contributed by atoms with van der Waals surface area (Å²) in [5.41, 5.74) is 5.06. The maximum atomic E-state index is 13.3. The summed E-state index contributed by atoms with van der Waals surface area (Å²) in [6, 6.07) is 0.987. The van der Waals surface area contributed by atoms with Crippen molar-refractivity contribution in [2.24, 2.45) is 11.8 Å². The van der Waals surface area contributed by atoms with Crippen LogP contribution in [0.25, 0.3) is 11.3 Å². The van der Waals surface area contributed by atoms with E-state index >= 15 is 0 Å². The summed E-state index contributed by atoms with van der Waals surface area (Å²) in [5, 5.41) is 11.0. The van der Waals surface area contributed by atoms with Crippen molar-refractivity contribution < 1.29 is 23.0 Å². The highest BCUT2D eigenvalue weighted by molar-refractivity contribution is 5.62. The number of rotatable bonds is 2. The summed E-state index contributed by atoms with van der Waals surface area (Å²) in [6.07, 6.45) is -0.325. The molecule has 1 spiro atoms. The van der Waals surface area contributed by atoms with E-state index in [1.54, 1.807) is 6.20 Å². The number of pyridine rings is 1. The van der Waals surface area contributed by atoms with Crippen LogP contribution in [-0.4, -0.2) is 56.4 Å². The van der Waals surface area contributed by atoms with E-state index in [2.05, 4.69) is 21.8 Å². The first-order chi connectivity index (χ1) is 14.7. The van der Waals surface area contributed by atoms with Crippen molar-refractivity contribution in [2.45, 2.75) is 43.1 Å².